The average Bonchev–Trinajstić information content (AvgIpc) is 2.46. The molecule has 2 N–H and O–H groups in total. The predicted octanol–water partition coefficient (Wildman–Crippen LogP) is 2.79. The van der Waals surface area contributed by atoms with Gasteiger partial charge in [-0.1, -0.05) is 18.2 Å². The van der Waals surface area contributed by atoms with Crippen LogP contribution >= 0.6 is 0 Å². The lowest BCUT2D eigenvalue weighted by atomic mass is 10.1. The molecule has 2 aromatic carbocycles. The van der Waals surface area contributed by atoms with Crippen LogP contribution in [0, 0.1) is 17.1 Å². The Morgan fingerprint density at radius 2 is 2.00 bits per heavy atom. The molecule has 0 saturated carbocycles. The van der Waals surface area contributed by atoms with Crippen LogP contribution in [0.15, 0.2) is 42.5 Å². The van der Waals surface area contributed by atoms with Gasteiger partial charge < -0.3 is 10.6 Å². The van der Waals surface area contributed by atoms with E-state index in [0.29, 0.717) is 18.7 Å². The van der Waals surface area contributed by atoms with Gasteiger partial charge in [0.15, 0.2) is 0 Å². The first kappa shape index (κ1) is 14.0. The lowest BCUT2D eigenvalue weighted by Gasteiger charge is -2.21. The first-order chi connectivity index (χ1) is 9.63. The van der Waals surface area contributed by atoms with E-state index >= 15 is 0 Å². The Morgan fingerprint density at radius 3 is 2.65 bits per heavy atom. The molecule has 0 atom stereocenters. The highest BCUT2D eigenvalue weighted by Gasteiger charge is 2.09. The molecule has 0 saturated heterocycles. The van der Waals surface area contributed by atoms with Crippen molar-refractivity contribution in [2.45, 2.75) is 13.1 Å². The number of benzene rings is 2. The van der Waals surface area contributed by atoms with E-state index in [0.717, 1.165) is 16.8 Å². The molecule has 0 radical (unpaired) electrons. The third kappa shape index (κ3) is 3.14. The zero-order valence-corrected chi connectivity index (χ0v) is 11.3. The van der Waals surface area contributed by atoms with Crippen LogP contribution in [-0.4, -0.2) is 7.05 Å². The van der Waals surface area contributed by atoms with E-state index in [1.807, 2.05) is 30.1 Å². The molecule has 0 aliphatic heterocycles. The Bertz CT molecular complexity index is 646. The molecule has 3 nitrogen and oxygen atoms in total. The zero-order chi connectivity index (χ0) is 14.5. The smallest absolute Gasteiger partial charge is 0.123 e. The second kappa shape index (κ2) is 6.18. The summed E-state index contributed by atoms with van der Waals surface area (Å²) in [6.45, 7) is 0.941. The molecule has 0 unspecified atom stereocenters. The highest BCUT2D eigenvalue weighted by molar-refractivity contribution is 5.60. The topological polar surface area (TPSA) is 53.0 Å². The number of rotatable bonds is 4. The Labute approximate surface area is 118 Å². The lowest BCUT2D eigenvalue weighted by Crippen LogP contribution is -2.18. The largest absolute Gasteiger partial charge is 0.369 e. The maximum atomic E-state index is 13.2. The minimum absolute atomic E-state index is 0.255. The van der Waals surface area contributed by atoms with Crippen molar-refractivity contribution in [1.29, 1.82) is 5.26 Å². The van der Waals surface area contributed by atoms with Gasteiger partial charge in [0, 0.05) is 20.1 Å². The molecule has 102 valence electrons. The van der Waals surface area contributed by atoms with Crippen molar-refractivity contribution in [2.24, 2.45) is 5.73 Å². The van der Waals surface area contributed by atoms with Gasteiger partial charge in [-0.15, -0.1) is 0 Å². The van der Waals surface area contributed by atoms with Crippen molar-refractivity contribution < 1.29 is 4.39 Å². The maximum Gasteiger partial charge on any atom is 0.123 e. The summed E-state index contributed by atoms with van der Waals surface area (Å²) < 4.78 is 13.2. The Balaban J connectivity index is 2.25. The number of nitrogens with two attached hydrogens (primary N) is 1. The molecule has 4 heteroatoms. The fraction of sp³-hybridized carbons (Fsp3) is 0.188. The average molecular weight is 269 g/mol. The molecule has 0 aliphatic carbocycles. The summed E-state index contributed by atoms with van der Waals surface area (Å²) >= 11 is 0. The number of anilines is 1. The SMILES string of the molecule is CN(Cc1cccc(F)c1)c1ccc(CN)cc1C#N. The van der Waals surface area contributed by atoms with Gasteiger partial charge in [-0.25, -0.2) is 4.39 Å². The van der Waals surface area contributed by atoms with Crippen LogP contribution in [0.1, 0.15) is 16.7 Å². The Morgan fingerprint density at radius 1 is 1.20 bits per heavy atom. The second-order valence-corrected chi connectivity index (χ2v) is 4.65. The van der Waals surface area contributed by atoms with Crippen molar-refractivity contribution in [1.82, 2.24) is 0 Å². The number of hydrogen-bond donors (Lipinski definition) is 1. The summed E-state index contributed by atoms with van der Waals surface area (Å²) in [5.74, 6) is -0.255. The monoisotopic (exact) mass is 269 g/mol. The summed E-state index contributed by atoms with van der Waals surface area (Å²) in [5, 5.41) is 9.22. The van der Waals surface area contributed by atoms with Crippen LogP contribution in [0.5, 0.6) is 0 Å². The number of nitriles is 1. The molecular weight excluding hydrogens is 253 g/mol. The molecule has 0 amide bonds. The molecule has 0 fully saturated rings. The van der Waals surface area contributed by atoms with Crippen molar-refractivity contribution in [2.75, 3.05) is 11.9 Å². The molecule has 20 heavy (non-hydrogen) atoms. The van der Waals surface area contributed by atoms with E-state index in [1.165, 1.54) is 12.1 Å². The van der Waals surface area contributed by atoms with E-state index in [2.05, 4.69) is 6.07 Å². The number of hydrogen-bond acceptors (Lipinski definition) is 3. The van der Waals surface area contributed by atoms with Gasteiger partial charge in [-0.3, -0.25) is 0 Å². The zero-order valence-electron chi connectivity index (χ0n) is 11.3. The number of nitrogens with zero attached hydrogens (tertiary/aromatic N) is 2. The Hall–Kier alpha value is -2.38. The van der Waals surface area contributed by atoms with Gasteiger partial charge in [0.1, 0.15) is 11.9 Å². The maximum absolute atomic E-state index is 13.2. The van der Waals surface area contributed by atoms with E-state index in [4.69, 9.17) is 5.73 Å². The molecule has 0 heterocycles. The van der Waals surface area contributed by atoms with Gasteiger partial charge in [0.2, 0.25) is 0 Å². The van der Waals surface area contributed by atoms with E-state index < -0.39 is 0 Å². The lowest BCUT2D eigenvalue weighted by molar-refractivity contribution is 0.625. The highest BCUT2D eigenvalue weighted by Crippen LogP contribution is 2.22. The number of halogens is 1. The van der Waals surface area contributed by atoms with E-state index in [-0.39, 0.29) is 5.82 Å². The summed E-state index contributed by atoms with van der Waals surface area (Å²) in [6.07, 6.45) is 0. The summed E-state index contributed by atoms with van der Waals surface area (Å²) in [6, 6.07) is 14.2. The van der Waals surface area contributed by atoms with Crippen LogP contribution in [0.3, 0.4) is 0 Å². The third-order valence-corrected chi connectivity index (χ3v) is 3.14. The molecule has 2 aromatic rings. The molecule has 0 aromatic heterocycles. The summed E-state index contributed by atoms with van der Waals surface area (Å²) in [4.78, 5) is 1.92. The molecular formula is C16H16FN3. The van der Waals surface area contributed by atoms with Crippen LogP contribution in [0.4, 0.5) is 10.1 Å². The molecule has 2 rings (SSSR count). The van der Waals surface area contributed by atoms with Crippen molar-refractivity contribution >= 4 is 5.69 Å². The van der Waals surface area contributed by atoms with Gasteiger partial charge in [-0.2, -0.15) is 5.26 Å². The van der Waals surface area contributed by atoms with E-state index in [9.17, 15) is 9.65 Å². The van der Waals surface area contributed by atoms with Crippen molar-refractivity contribution in [3.05, 3.63) is 65.0 Å². The van der Waals surface area contributed by atoms with Crippen LogP contribution in [0.2, 0.25) is 0 Å². The molecule has 0 aliphatic rings. The quantitative estimate of drug-likeness (QED) is 0.928. The second-order valence-electron chi connectivity index (χ2n) is 4.65. The minimum atomic E-state index is -0.255. The third-order valence-electron chi connectivity index (χ3n) is 3.14. The first-order valence-electron chi connectivity index (χ1n) is 6.32. The summed E-state index contributed by atoms with van der Waals surface area (Å²) in [7, 11) is 1.88. The first-order valence-corrected chi connectivity index (χ1v) is 6.32. The van der Waals surface area contributed by atoms with E-state index in [1.54, 1.807) is 12.1 Å². The Kier molecular flexibility index (Phi) is 4.34. The van der Waals surface area contributed by atoms with Gasteiger partial charge >= 0.3 is 0 Å². The normalized spacial score (nSPS) is 10.1. The molecule has 0 spiro atoms. The fourth-order valence-electron chi connectivity index (χ4n) is 2.13. The fourth-order valence-corrected chi connectivity index (χ4v) is 2.13. The minimum Gasteiger partial charge on any atom is -0.369 e. The van der Waals surface area contributed by atoms with Crippen LogP contribution in [0.25, 0.3) is 0 Å². The predicted molar refractivity (Wildman–Crippen MR) is 77.6 cm³/mol. The van der Waals surface area contributed by atoms with Crippen LogP contribution < -0.4 is 10.6 Å². The van der Waals surface area contributed by atoms with Crippen LogP contribution in [-0.2, 0) is 13.1 Å². The van der Waals surface area contributed by atoms with Crippen molar-refractivity contribution in [3.63, 3.8) is 0 Å². The van der Waals surface area contributed by atoms with Gasteiger partial charge in [0.25, 0.3) is 0 Å². The summed E-state index contributed by atoms with van der Waals surface area (Å²) in [5.41, 5.74) is 8.75. The van der Waals surface area contributed by atoms with Crippen molar-refractivity contribution in [3.8, 4) is 6.07 Å². The standard InChI is InChI=1S/C16H16FN3/c1-20(11-13-3-2-4-15(17)8-13)16-6-5-12(9-18)7-14(16)10-19/h2-8H,9,11,18H2,1H3. The van der Waals surface area contributed by atoms with Gasteiger partial charge in [0.05, 0.1) is 11.3 Å². The highest BCUT2D eigenvalue weighted by atomic mass is 19.1. The molecule has 0 bridgehead atoms. The van der Waals surface area contributed by atoms with Gasteiger partial charge in [-0.05, 0) is 35.4 Å².